The first-order valence-electron chi connectivity index (χ1n) is 12.8. The maximum atomic E-state index is 12.4. The minimum absolute atomic E-state index is 0.0259. The first-order valence-corrected chi connectivity index (χ1v) is 13.2. The molecule has 0 saturated carbocycles. The molecule has 3 aromatic rings. The number of nitrogens with zero attached hydrogens (tertiary/aromatic N) is 5. The van der Waals surface area contributed by atoms with Gasteiger partial charge >= 0.3 is 0 Å². The van der Waals surface area contributed by atoms with Gasteiger partial charge in [-0.1, -0.05) is 24.2 Å². The Morgan fingerprint density at radius 3 is 2.79 bits per heavy atom. The molecule has 0 radical (unpaired) electrons. The van der Waals surface area contributed by atoms with E-state index in [4.69, 9.17) is 27.7 Å². The number of nitrogens with two attached hydrogens (primary N) is 1. The largest absolute Gasteiger partial charge is 0.398 e. The molecule has 2 aliphatic heterocycles. The van der Waals surface area contributed by atoms with Crippen LogP contribution >= 0.6 is 11.6 Å². The monoisotopic (exact) mass is 531 g/mol. The summed E-state index contributed by atoms with van der Waals surface area (Å²) in [4.78, 5) is 26.2. The molecule has 0 bridgehead atoms. The quantitative estimate of drug-likeness (QED) is 0.283. The molecule has 0 spiro atoms. The third-order valence-electron chi connectivity index (χ3n) is 7.66. The Hall–Kier alpha value is -3.62. The average molecular weight is 532 g/mol. The van der Waals surface area contributed by atoms with Crippen molar-refractivity contribution < 1.29 is 4.79 Å². The summed E-state index contributed by atoms with van der Waals surface area (Å²) in [7, 11) is 4.14. The van der Waals surface area contributed by atoms with Gasteiger partial charge in [0.1, 0.15) is 0 Å². The van der Waals surface area contributed by atoms with Crippen LogP contribution in [0.5, 0.6) is 0 Å². The Balaban J connectivity index is 1.66. The van der Waals surface area contributed by atoms with E-state index in [0.29, 0.717) is 29.4 Å². The summed E-state index contributed by atoms with van der Waals surface area (Å²) in [5.74, 6) is -0.0259. The molecule has 5 rings (SSSR count). The van der Waals surface area contributed by atoms with Crippen LogP contribution in [0.25, 0.3) is 22.0 Å². The fraction of sp³-hybridized carbons (Fsp3) is 0.345. The van der Waals surface area contributed by atoms with Crippen molar-refractivity contribution in [1.82, 2.24) is 14.8 Å². The summed E-state index contributed by atoms with van der Waals surface area (Å²) < 4.78 is 0. The van der Waals surface area contributed by atoms with Crippen LogP contribution in [0.4, 0.5) is 17.1 Å². The normalized spacial score (nSPS) is 17.0. The summed E-state index contributed by atoms with van der Waals surface area (Å²) in [6.07, 6.45) is 4.65. The van der Waals surface area contributed by atoms with E-state index in [0.717, 1.165) is 65.1 Å². The number of benzene rings is 2. The molecule has 2 aliphatic rings. The van der Waals surface area contributed by atoms with E-state index in [9.17, 15) is 4.79 Å². The van der Waals surface area contributed by atoms with Crippen molar-refractivity contribution in [2.45, 2.75) is 13.0 Å². The van der Waals surface area contributed by atoms with Gasteiger partial charge in [0, 0.05) is 72.7 Å². The van der Waals surface area contributed by atoms with Gasteiger partial charge in [-0.2, -0.15) is 0 Å². The predicted octanol–water partition coefficient (Wildman–Crippen LogP) is 4.03. The lowest BCUT2D eigenvalue weighted by atomic mass is 9.92. The van der Waals surface area contributed by atoms with Crippen molar-refractivity contribution in [2.24, 2.45) is 0 Å². The smallest absolute Gasteiger partial charge is 0.246 e. The molecule has 38 heavy (non-hydrogen) atoms. The van der Waals surface area contributed by atoms with Gasteiger partial charge in [-0.3, -0.25) is 9.78 Å². The number of nitrogen functional groups attached to an aromatic ring is 1. The zero-order valence-electron chi connectivity index (χ0n) is 22.2. The second-order valence-electron chi connectivity index (χ2n) is 10.3. The SMILES string of the molecule is C=CC(=O)N1CCN2c3c(cnc4cc(-c5c(C)ccc(N)c5C=N)c(Cl)cc34)N(CCN(C)C)C[C@H]2C1. The number of aromatic nitrogens is 1. The fourth-order valence-corrected chi connectivity index (χ4v) is 5.95. The van der Waals surface area contributed by atoms with Crippen molar-refractivity contribution in [2.75, 3.05) is 68.9 Å². The second kappa shape index (κ2) is 10.3. The van der Waals surface area contributed by atoms with E-state index in [1.807, 2.05) is 42.3 Å². The molecular formula is C29H34ClN7O. The summed E-state index contributed by atoms with van der Waals surface area (Å²) in [5, 5.41) is 9.54. The molecular weight excluding hydrogens is 498 g/mol. The molecule has 1 fully saturated rings. The number of halogens is 1. The number of amides is 1. The van der Waals surface area contributed by atoms with E-state index in [2.05, 4.69) is 35.4 Å². The highest BCUT2D eigenvalue weighted by Crippen LogP contribution is 2.45. The predicted molar refractivity (Wildman–Crippen MR) is 158 cm³/mol. The molecule has 3 heterocycles. The zero-order chi connectivity index (χ0) is 27.1. The van der Waals surface area contributed by atoms with Crippen LogP contribution in [-0.4, -0.2) is 86.3 Å². The minimum Gasteiger partial charge on any atom is -0.398 e. The van der Waals surface area contributed by atoms with E-state index < -0.39 is 0 Å². The number of pyridine rings is 1. The lowest BCUT2D eigenvalue weighted by Gasteiger charge is -2.49. The number of piperazine rings is 1. The first-order chi connectivity index (χ1) is 18.2. The molecule has 8 nitrogen and oxygen atoms in total. The standard InChI is InChI=1S/C29H34ClN7O/c1-5-27(38)36-10-11-37-19(17-36)16-35(9-8-34(3)4)26-15-33-25-13-20(23(30)12-21(25)29(26)37)28-18(2)6-7-24(32)22(28)14-31/h5-7,12-15,19,31H,1,8-11,16-17,32H2,2-4H3/t19-/m0/s1. The first kappa shape index (κ1) is 26.0. The molecule has 1 aromatic heterocycles. The Bertz CT molecular complexity index is 1440. The molecule has 0 unspecified atom stereocenters. The van der Waals surface area contributed by atoms with Gasteiger partial charge in [0.25, 0.3) is 0 Å². The topological polar surface area (TPSA) is 92.8 Å². The maximum absolute atomic E-state index is 12.4. The number of carbonyl (C=O) groups is 1. The Morgan fingerprint density at radius 1 is 1.29 bits per heavy atom. The van der Waals surface area contributed by atoms with Crippen LogP contribution in [0.1, 0.15) is 11.1 Å². The van der Waals surface area contributed by atoms with Gasteiger partial charge in [0.2, 0.25) is 5.91 Å². The van der Waals surface area contributed by atoms with Crippen LogP contribution < -0.4 is 15.5 Å². The molecule has 0 aliphatic carbocycles. The number of hydrogen-bond donors (Lipinski definition) is 2. The minimum atomic E-state index is -0.0259. The van der Waals surface area contributed by atoms with E-state index in [-0.39, 0.29) is 11.9 Å². The summed E-state index contributed by atoms with van der Waals surface area (Å²) in [5.41, 5.74) is 13.1. The van der Waals surface area contributed by atoms with Crippen LogP contribution in [-0.2, 0) is 4.79 Å². The van der Waals surface area contributed by atoms with Gasteiger partial charge in [-0.15, -0.1) is 0 Å². The van der Waals surface area contributed by atoms with Crippen LogP contribution in [0.2, 0.25) is 5.02 Å². The van der Waals surface area contributed by atoms with Gasteiger partial charge in [0.05, 0.1) is 29.1 Å². The number of rotatable bonds is 6. The van der Waals surface area contributed by atoms with Gasteiger partial charge in [-0.25, -0.2) is 0 Å². The lowest BCUT2D eigenvalue weighted by Crippen LogP contribution is -2.61. The summed E-state index contributed by atoms with van der Waals surface area (Å²) in [6.45, 7) is 10.3. The maximum Gasteiger partial charge on any atom is 0.246 e. The zero-order valence-corrected chi connectivity index (χ0v) is 22.9. The summed E-state index contributed by atoms with van der Waals surface area (Å²) in [6, 6.07) is 7.93. The number of aryl methyl sites for hydroxylation is 1. The second-order valence-corrected chi connectivity index (χ2v) is 10.7. The van der Waals surface area contributed by atoms with Crippen molar-refractivity contribution in [1.29, 1.82) is 5.41 Å². The Kier molecular flexibility index (Phi) is 7.03. The number of nitrogens with one attached hydrogen (secondary N) is 1. The Morgan fingerprint density at radius 2 is 2.08 bits per heavy atom. The molecule has 1 amide bonds. The van der Waals surface area contributed by atoms with E-state index >= 15 is 0 Å². The van der Waals surface area contributed by atoms with Crippen molar-refractivity contribution in [3.63, 3.8) is 0 Å². The van der Waals surface area contributed by atoms with E-state index in [1.165, 1.54) is 12.3 Å². The third kappa shape index (κ3) is 4.48. The third-order valence-corrected chi connectivity index (χ3v) is 7.97. The van der Waals surface area contributed by atoms with Crippen LogP contribution in [0, 0.1) is 12.3 Å². The van der Waals surface area contributed by atoms with Crippen molar-refractivity contribution in [3.8, 4) is 11.1 Å². The highest BCUT2D eigenvalue weighted by Gasteiger charge is 2.37. The molecule has 1 atom stereocenters. The highest BCUT2D eigenvalue weighted by molar-refractivity contribution is 6.35. The number of fused-ring (bicyclic) bond motifs is 5. The van der Waals surface area contributed by atoms with Crippen molar-refractivity contribution in [3.05, 3.63) is 59.3 Å². The van der Waals surface area contributed by atoms with Crippen molar-refractivity contribution >= 4 is 51.7 Å². The molecule has 198 valence electrons. The molecule has 2 aromatic carbocycles. The number of carbonyl (C=O) groups excluding carboxylic acids is 1. The average Bonchev–Trinajstić information content (AvgIpc) is 2.91. The van der Waals surface area contributed by atoms with Gasteiger partial charge in [0.15, 0.2) is 0 Å². The number of anilines is 3. The Labute approximate surface area is 228 Å². The fourth-order valence-electron chi connectivity index (χ4n) is 5.69. The van der Waals surface area contributed by atoms with Crippen LogP contribution in [0.3, 0.4) is 0 Å². The number of likely N-dealkylation sites (N-methyl/N-ethyl adjacent to an activating group) is 1. The van der Waals surface area contributed by atoms with Gasteiger partial charge in [-0.05, 0) is 56.4 Å². The molecule has 9 heteroatoms. The highest BCUT2D eigenvalue weighted by atomic mass is 35.5. The molecule has 1 saturated heterocycles. The summed E-state index contributed by atoms with van der Waals surface area (Å²) >= 11 is 6.98. The lowest BCUT2D eigenvalue weighted by molar-refractivity contribution is -0.126. The van der Waals surface area contributed by atoms with Gasteiger partial charge < -0.3 is 30.7 Å². The number of hydrogen-bond acceptors (Lipinski definition) is 7. The van der Waals surface area contributed by atoms with E-state index in [1.54, 1.807) is 0 Å². The van der Waals surface area contributed by atoms with Crippen LogP contribution in [0.15, 0.2) is 43.1 Å². The molecule has 3 N–H and O–H groups in total.